The number of aliphatic carboxylic acids is 1. The molecule has 5 heteroatoms. The standard InChI is InChI=1S/C10H10O4S/c11-10(12)6-7-1-2-8-3-4-15(13,14)9(8)5-7/h1-2,5H,3-4,6H2,(H,11,12). The van der Waals surface area contributed by atoms with E-state index in [0.29, 0.717) is 16.9 Å². The number of rotatable bonds is 2. The number of hydrogen-bond acceptors (Lipinski definition) is 3. The Hall–Kier alpha value is -1.36. The predicted molar refractivity (Wildman–Crippen MR) is 53.5 cm³/mol. The molecule has 2 rings (SSSR count). The van der Waals surface area contributed by atoms with E-state index in [2.05, 4.69) is 0 Å². The summed E-state index contributed by atoms with van der Waals surface area (Å²) in [4.78, 5) is 10.8. The van der Waals surface area contributed by atoms with Gasteiger partial charge in [0.15, 0.2) is 9.84 Å². The summed E-state index contributed by atoms with van der Waals surface area (Å²) in [5, 5.41) is 8.60. The van der Waals surface area contributed by atoms with E-state index in [1.54, 1.807) is 12.1 Å². The molecular formula is C10H10O4S. The van der Waals surface area contributed by atoms with Crippen LogP contribution in [0.25, 0.3) is 0 Å². The fourth-order valence-electron chi connectivity index (χ4n) is 1.73. The number of fused-ring (bicyclic) bond motifs is 1. The number of hydrogen-bond donors (Lipinski definition) is 1. The van der Waals surface area contributed by atoms with E-state index < -0.39 is 15.8 Å². The van der Waals surface area contributed by atoms with Gasteiger partial charge in [-0.3, -0.25) is 4.79 Å². The van der Waals surface area contributed by atoms with E-state index >= 15 is 0 Å². The lowest BCUT2D eigenvalue weighted by Gasteiger charge is -2.01. The summed E-state index contributed by atoms with van der Waals surface area (Å²) in [6.45, 7) is 0. The molecule has 0 spiro atoms. The molecule has 1 aromatic carbocycles. The van der Waals surface area contributed by atoms with Crippen molar-refractivity contribution in [2.24, 2.45) is 0 Å². The molecule has 1 aromatic rings. The predicted octanol–water partition coefficient (Wildman–Crippen LogP) is 0.644. The average Bonchev–Trinajstić information content (AvgIpc) is 2.42. The number of carbonyl (C=O) groups is 1. The number of carboxylic acid groups (broad SMARTS) is 1. The summed E-state index contributed by atoms with van der Waals surface area (Å²) >= 11 is 0. The molecule has 0 fully saturated rings. The van der Waals surface area contributed by atoms with Gasteiger partial charge in [0, 0.05) is 0 Å². The largest absolute Gasteiger partial charge is 0.481 e. The van der Waals surface area contributed by atoms with Gasteiger partial charge in [0.1, 0.15) is 0 Å². The summed E-state index contributed by atoms with van der Waals surface area (Å²) in [5.74, 6) is -0.816. The van der Waals surface area contributed by atoms with Crippen LogP contribution in [0.15, 0.2) is 23.1 Å². The molecule has 0 bridgehead atoms. The maximum atomic E-state index is 11.5. The van der Waals surface area contributed by atoms with Crippen LogP contribution >= 0.6 is 0 Å². The van der Waals surface area contributed by atoms with Gasteiger partial charge >= 0.3 is 5.97 Å². The van der Waals surface area contributed by atoms with Crippen LogP contribution in [0.4, 0.5) is 0 Å². The minimum Gasteiger partial charge on any atom is -0.481 e. The van der Waals surface area contributed by atoms with E-state index in [0.717, 1.165) is 5.56 Å². The van der Waals surface area contributed by atoms with E-state index in [-0.39, 0.29) is 12.2 Å². The summed E-state index contributed by atoms with van der Waals surface area (Å²) < 4.78 is 23.1. The first-order valence-electron chi connectivity index (χ1n) is 4.55. The van der Waals surface area contributed by atoms with Gasteiger partial charge < -0.3 is 5.11 Å². The molecule has 0 amide bonds. The lowest BCUT2D eigenvalue weighted by Crippen LogP contribution is -2.02. The van der Waals surface area contributed by atoms with Crippen LogP contribution in [0.5, 0.6) is 0 Å². The molecule has 1 aliphatic heterocycles. The molecule has 0 atom stereocenters. The van der Waals surface area contributed by atoms with Crippen molar-refractivity contribution < 1.29 is 18.3 Å². The fourth-order valence-corrected chi connectivity index (χ4v) is 3.34. The maximum Gasteiger partial charge on any atom is 0.307 e. The molecule has 1 N–H and O–H groups in total. The van der Waals surface area contributed by atoms with Gasteiger partial charge in [-0.1, -0.05) is 12.1 Å². The zero-order chi connectivity index (χ0) is 11.1. The highest BCUT2D eigenvalue weighted by Gasteiger charge is 2.26. The lowest BCUT2D eigenvalue weighted by molar-refractivity contribution is -0.136. The molecular weight excluding hydrogens is 216 g/mol. The Morgan fingerprint density at radius 1 is 1.40 bits per heavy atom. The molecule has 1 aliphatic rings. The number of aryl methyl sites for hydroxylation is 1. The quantitative estimate of drug-likeness (QED) is 0.803. The van der Waals surface area contributed by atoms with Gasteiger partial charge in [0.2, 0.25) is 0 Å². The summed E-state index contributed by atoms with van der Waals surface area (Å²) in [5.41, 5.74) is 1.33. The van der Waals surface area contributed by atoms with Crippen molar-refractivity contribution in [3.05, 3.63) is 29.3 Å². The molecule has 15 heavy (non-hydrogen) atoms. The van der Waals surface area contributed by atoms with Crippen molar-refractivity contribution in [3.8, 4) is 0 Å². The summed E-state index contributed by atoms with van der Waals surface area (Å²) in [6.07, 6.45) is 0.397. The second-order valence-corrected chi connectivity index (χ2v) is 5.66. The number of sulfone groups is 1. The molecule has 0 aromatic heterocycles. The molecule has 0 aliphatic carbocycles. The molecule has 1 heterocycles. The lowest BCUT2D eigenvalue weighted by atomic mass is 10.1. The summed E-state index contributed by atoms with van der Waals surface area (Å²) in [7, 11) is -3.16. The normalized spacial score (nSPS) is 17.3. The number of carboxylic acids is 1. The van der Waals surface area contributed by atoms with Gasteiger partial charge in [0.25, 0.3) is 0 Å². The zero-order valence-electron chi connectivity index (χ0n) is 7.93. The summed E-state index contributed by atoms with van der Waals surface area (Å²) in [6, 6.07) is 4.86. The second kappa shape index (κ2) is 3.34. The topological polar surface area (TPSA) is 71.4 Å². The Labute approximate surface area is 87.5 Å². The maximum absolute atomic E-state index is 11.5. The average molecular weight is 226 g/mol. The third kappa shape index (κ3) is 1.87. The Morgan fingerprint density at radius 3 is 2.80 bits per heavy atom. The minimum atomic E-state index is -3.16. The first-order valence-corrected chi connectivity index (χ1v) is 6.20. The van der Waals surface area contributed by atoms with Gasteiger partial charge in [0.05, 0.1) is 17.1 Å². The third-order valence-electron chi connectivity index (χ3n) is 2.46. The molecule has 0 saturated carbocycles. The SMILES string of the molecule is O=C(O)Cc1ccc2c(c1)S(=O)(=O)CC2. The molecule has 0 saturated heterocycles. The van der Waals surface area contributed by atoms with Gasteiger partial charge in [-0.25, -0.2) is 8.42 Å². The molecule has 4 nitrogen and oxygen atoms in total. The van der Waals surface area contributed by atoms with Crippen molar-refractivity contribution in [1.29, 1.82) is 0 Å². The highest BCUT2D eigenvalue weighted by atomic mass is 32.2. The Bertz CT molecular complexity index is 516. The number of benzene rings is 1. The van der Waals surface area contributed by atoms with E-state index in [1.807, 2.05) is 0 Å². The van der Waals surface area contributed by atoms with E-state index in [1.165, 1.54) is 6.07 Å². The van der Waals surface area contributed by atoms with Crippen molar-refractivity contribution in [3.63, 3.8) is 0 Å². The first kappa shape index (κ1) is 10.2. The van der Waals surface area contributed by atoms with Gasteiger partial charge in [-0.2, -0.15) is 0 Å². The second-order valence-electron chi connectivity index (χ2n) is 3.58. The highest BCUT2D eigenvalue weighted by Crippen LogP contribution is 2.26. The molecule has 0 radical (unpaired) electrons. The van der Waals surface area contributed by atoms with Crippen LogP contribution in [0.1, 0.15) is 11.1 Å². The van der Waals surface area contributed by atoms with E-state index in [9.17, 15) is 13.2 Å². The molecule has 80 valence electrons. The van der Waals surface area contributed by atoms with Crippen LogP contribution in [-0.4, -0.2) is 25.2 Å². The van der Waals surface area contributed by atoms with Crippen molar-refractivity contribution in [1.82, 2.24) is 0 Å². The van der Waals surface area contributed by atoms with Crippen molar-refractivity contribution in [2.45, 2.75) is 17.7 Å². The van der Waals surface area contributed by atoms with Crippen molar-refractivity contribution >= 4 is 15.8 Å². The Morgan fingerprint density at radius 2 is 2.13 bits per heavy atom. The van der Waals surface area contributed by atoms with Crippen LogP contribution in [0.3, 0.4) is 0 Å². The van der Waals surface area contributed by atoms with Crippen LogP contribution < -0.4 is 0 Å². The monoisotopic (exact) mass is 226 g/mol. The fraction of sp³-hybridized carbons (Fsp3) is 0.300. The third-order valence-corrected chi connectivity index (χ3v) is 4.25. The van der Waals surface area contributed by atoms with Gasteiger partial charge in [-0.15, -0.1) is 0 Å². The van der Waals surface area contributed by atoms with E-state index in [4.69, 9.17) is 5.11 Å². The highest BCUT2D eigenvalue weighted by molar-refractivity contribution is 7.91. The smallest absolute Gasteiger partial charge is 0.307 e. The zero-order valence-corrected chi connectivity index (χ0v) is 8.75. The van der Waals surface area contributed by atoms with Crippen LogP contribution in [-0.2, 0) is 27.5 Å². The Kier molecular flexibility index (Phi) is 2.26. The van der Waals surface area contributed by atoms with Crippen LogP contribution in [0, 0.1) is 0 Å². The van der Waals surface area contributed by atoms with Crippen LogP contribution in [0.2, 0.25) is 0 Å². The molecule has 0 unspecified atom stereocenters. The Balaban J connectivity index is 2.46. The first-order chi connectivity index (χ1) is 6.99. The van der Waals surface area contributed by atoms with Gasteiger partial charge in [-0.05, 0) is 23.6 Å². The minimum absolute atomic E-state index is 0.136. The van der Waals surface area contributed by atoms with Crippen molar-refractivity contribution in [2.75, 3.05) is 5.75 Å².